The first-order chi connectivity index (χ1) is 1.73. The molecular formula is CH3N2RfS-. The number of hydrogen-bond acceptors (Lipinski definition) is 1. The van der Waals surface area contributed by atoms with Gasteiger partial charge in [-0.2, -0.15) is 0 Å². The summed E-state index contributed by atoms with van der Waals surface area (Å²) in [4.78, 5) is 0. The minimum absolute atomic E-state index is 0. The molecule has 5 heavy (non-hydrogen) atoms. The topological polar surface area (TPSA) is 49.8 Å². The van der Waals surface area contributed by atoms with Crippen molar-refractivity contribution < 1.29 is 0 Å². The zero-order chi connectivity index (χ0) is 3.58. The minimum atomic E-state index is -0.250. The molecule has 0 saturated carbocycles. The van der Waals surface area contributed by atoms with Gasteiger partial charge in [-0.15, -0.1) is 0 Å². The second-order valence-electron chi connectivity index (χ2n) is 0.364. The molecule has 0 aliphatic heterocycles. The van der Waals surface area contributed by atoms with Crippen molar-refractivity contribution in [1.82, 2.24) is 0 Å². The van der Waals surface area contributed by atoms with Gasteiger partial charge in [-0.05, 0) is 5.11 Å². The summed E-state index contributed by atoms with van der Waals surface area (Å²) in [5.41, 5.74) is 10.6. The third-order valence-electron chi connectivity index (χ3n) is 0. The number of thiocarbonyl (C=S) groups is 1. The maximum atomic E-state index is 6.09. The van der Waals surface area contributed by atoms with Crippen LogP contribution in [0.15, 0.2) is 0 Å². The summed E-state index contributed by atoms with van der Waals surface area (Å²) in [6.07, 6.45) is 0. The summed E-state index contributed by atoms with van der Waals surface area (Å²) in [5.74, 6) is 0. The summed E-state index contributed by atoms with van der Waals surface area (Å²) < 4.78 is 0. The zero-order valence-corrected chi connectivity index (χ0v) is 9.91. The molecule has 4 heteroatoms. The number of hydrogen-bond donors (Lipinski definition) is 1. The summed E-state index contributed by atoms with van der Waals surface area (Å²) in [5, 5.41) is -0.250. The van der Waals surface area contributed by atoms with Gasteiger partial charge in [0.2, 0.25) is 0 Å². The average Bonchev–Trinajstić information content (AvgIpc) is 0.811. The maximum absolute atomic E-state index is 6.09. The molecule has 0 aromatic rings. The van der Waals surface area contributed by atoms with E-state index in [0.717, 1.165) is 0 Å². The van der Waals surface area contributed by atoms with Crippen LogP contribution in [-0.2, 0) is 0 Å². The van der Waals surface area contributed by atoms with Crippen LogP contribution >= 0.6 is 12.2 Å². The van der Waals surface area contributed by atoms with Crippen LogP contribution in [0.25, 0.3) is 5.73 Å². The van der Waals surface area contributed by atoms with Gasteiger partial charge in [0.25, 0.3) is 0 Å². The predicted molar refractivity (Wildman–Crippen MR) is 21.1 cm³/mol. The Balaban J connectivity index is 0. The SMILES string of the molecule is [NH-]C(N)=S.[Rf]. The fourth-order valence-corrected chi connectivity index (χ4v) is 0. The number of rotatable bonds is 0. The van der Waals surface area contributed by atoms with E-state index in [0.29, 0.717) is 0 Å². The molecule has 0 rings (SSSR count). The van der Waals surface area contributed by atoms with Gasteiger partial charge in [-0.3, -0.25) is 0 Å². The quantitative estimate of drug-likeness (QED) is 0.643. The first kappa shape index (κ1) is 9.35. The molecule has 0 spiro atoms. The molecule has 0 unspecified atom stereocenters. The third-order valence-corrected chi connectivity index (χ3v) is 0. The maximum Gasteiger partial charge on any atom is 0 e. The van der Waals surface area contributed by atoms with Gasteiger partial charge in [-0.25, -0.2) is 0 Å². The smallest absolute Gasteiger partial charge is 0 e. The Kier molecular flexibility index (Phi) is 5.03. The van der Waals surface area contributed by atoms with Crippen LogP contribution in [0.2, 0.25) is 0 Å². The van der Waals surface area contributed by atoms with Crippen LogP contribution in [0.3, 0.4) is 0 Å². The van der Waals surface area contributed by atoms with E-state index in [1.807, 2.05) is 0 Å². The van der Waals surface area contributed by atoms with Crippen molar-refractivity contribution >= 4 is 17.3 Å². The molecule has 0 aromatic heterocycles. The first-order valence-corrected chi connectivity index (χ1v) is 1.15. The molecule has 0 fully saturated rings. The molecule has 0 amide bonds. The Morgan fingerprint density at radius 3 is 1.80 bits per heavy atom. The fourth-order valence-electron chi connectivity index (χ4n) is 0. The largest absolute Gasteiger partial charge is 0.486 e. The molecule has 0 heterocycles. The van der Waals surface area contributed by atoms with Crippen LogP contribution in [0.4, 0.5) is 0 Å². The van der Waals surface area contributed by atoms with Crippen LogP contribution in [-0.4, -0.2) is 5.11 Å². The normalized spacial score (nSPS) is 4.80. The van der Waals surface area contributed by atoms with Gasteiger partial charge in [0.05, 0.1) is 0 Å². The molecule has 0 bridgehead atoms. The van der Waals surface area contributed by atoms with E-state index in [2.05, 4.69) is 18.0 Å². The fraction of sp³-hybridized carbons (Fsp3) is 0. The van der Waals surface area contributed by atoms with Gasteiger partial charge in [0.1, 0.15) is 0 Å². The monoisotopic (exact) mass is 342 g/mol. The van der Waals surface area contributed by atoms with E-state index in [1.54, 1.807) is 0 Å². The van der Waals surface area contributed by atoms with Crippen LogP contribution in [0.5, 0.6) is 0 Å². The third kappa shape index (κ3) is 0.746. The van der Waals surface area contributed by atoms with E-state index >= 15 is 0 Å². The molecule has 0 aliphatic rings. The standard InChI is InChI=1S/CH4N2S.Rf/c2-1(3)4;/h(H4,2,3,4);/p-1. The molecule has 0 radical (unpaired) electrons. The number of nitrogens with one attached hydrogen (secondary N) is 1. The second-order valence-corrected chi connectivity index (χ2v) is 0.804. The van der Waals surface area contributed by atoms with Crippen LogP contribution < -0.4 is 5.73 Å². The summed E-state index contributed by atoms with van der Waals surface area (Å²) in [6.45, 7) is 0. The van der Waals surface area contributed by atoms with Crippen molar-refractivity contribution in [3.05, 3.63) is 5.73 Å². The summed E-state index contributed by atoms with van der Waals surface area (Å²) in [6, 6.07) is 0. The van der Waals surface area contributed by atoms with Crippen molar-refractivity contribution in [2.24, 2.45) is 5.73 Å². The molecular weight excluding hydrogens is 339 g/mol. The van der Waals surface area contributed by atoms with Crippen molar-refractivity contribution in [1.29, 1.82) is 0 Å². The van der Waals surface area contributed by atoms with Gasteiger partial charge >= 0.3 is 0 Å². The molecule has 3 N–H and O–H groups in total. The molecule has 26 valence electrons. The number of nitrogens with two attached hydrogens (primary N) is 1. The van der Waals surface area contributed by atoms with E-state index in [-0.39, 0.29) is 5.11 Å². The van der Waals surface area contributed by atoms with E-state index in [1.165, 1.54) is 0 Å². The van der Waals surface area contributed by atoms with E-state index in [9.17, 15) is 0 Å². The van der Waals surface area contributed by atoms with Gasteiger partial charge < -0.3 is 11.5 Å². The van der Waals surface area contributed by atoms with Crippen molar-refractivity contribution in [2.75, 3.05) is 0 Å². The van der Waals surface area contributed by atoms with Gasteiger partial charge in [0, 0.05) is 0 Å². The Morgan fingerprint density at radius 1 is 1.80 bits per heavy atom. The zero-order valence-electron chi connectivity index (χ0n) is 2.69. The van der Waals surface area contributed by atoms with Crippen LogP contribution in [0.1, 0.15) is 0 Å². The summed E-state index contributed by atoms with van der Waals surface area (Å²) >= 11 is 3.98. The Hall–Kier alpha value is -1.31. The predicted octanol–water partition coefficient (Wildman–Crippen LogP) is 0.282. The first-order valence-electron chi connectivity index (χ1n) is 0.743. The van der Waals surface area contributed by atoms with Crippen molar-refractivity contribution in [3.63, 3.8) is 0 Å². The summed E-state index contributed by atoms with van der Waals surface area (Å²) in [7, 11) is 0. The van der Waals surface area contributed by atoms with Gasteiger partial charge in [-0.1, -0.05) is 12.2 Å². The van der Waals surface area contributed by atoms with Gasteiger partial charge in [0.15, 0.2) is 0 Å². The molecule has 0 aromatic carbocycles. The molecule has 2 nitrogen and oxygen atoms in total. The molecule has 0 aliphatic carbocycles. The van der Waals surface area contributed by atoms with Crippen molar-refractivity contribution in [2.45, 2.75) is 0 Å². The minimum Gasteiger partial charge on any atom is -0.486 e. The molecule has 0 atom stereocenters. The Labute approximate surface area is 29.8 Å². The van der Waals surface area contributed by atoms with Crippen LogP contribution in [0, 0.1) is 0 Å². The van der Waals surface area contributed by atoms with E-state index < -0.39 is 0 Å². The Morgan fingerprint density at radius 2 is 1.80 bits per heavy atom. The van der Waals surface area contributed by atoms with E-state index in [4.69, 9.17) is 5.73 Å². The molecule has 0 saturated heterocycles. The van der Waals surface area contributed by atoms with Crippen molar-refractivity contribution in [3.8, 4) is 0 Å². The second kappa shape index (κ2) is 2.69. The average molecular weight is 342 g/mol. The Bertz CT molecular complexity index is 32.6.